The van der Waals surface area contributed by atoms with E-state index in [0.717, 1.165) is 12.8 Å². The first-order valence-corrected chi connectivity index (χ1v) is 7.25. The summed E-state index contributed by atoms with van der Waals surface area (Å²) in [6.07, 6.45) is 3.31. The van der Waals surface area contributed by atoms with Gasteiger partial charge in [-0.05, 0) is 25.0 Å². The Balaban J connectivity index is 2.38. The molecule has 0 radical (unpaired) electrons. The highest BCUT2D eigenvalue weighted by molar-refractivity contribution is 7.90. The molecule has 0 unspecified atom stereocenters. The van der Waals surface area contributed by atoms with Crippen molar-refractivity contribution in [1.82, 2.24) is 5.43 Å². The number of benzene rings is 1. The fraction of sp³-hybridized carbons (Fsp3) is 0.364. The van der Waals surface area contributed by atoms with Gasteiger partial charge in [-0.1, -0.05) is 12.1 Å². The van der Waals surface area contributed by atoms with Crippen LogP contribution >= 0.6 is 0 Å². The predicted molar refractivity (Wildman–Crippen MR) is 66.4 cm³/mol. The number of amidine groups is 1. The van der Waals surface area contributed by atoms with E-state index in [0.29, 0.717) is 17.4 Å². The number of aliphatic imine (C=N–C) groups is 1. The third-order valence-electron chi connectivity index (χ3n) is 2.53. The van der Waals surface area contributed by atoms with Crippen LogP contribution in [0.5, 0.6) is 0 Å². The zero-order valence-corrected chi connectivity index (χ0v) is 10.4. The first kappa shape index (κ1) is 12.1. The molecular weight excluding hydrogens is 238 g/mol. The maximum Gasteiger partial charge on any atom is 0.175 e. The van der Waals surface area contributed by atoms with Crippen molar-refractivity contribution >= 4 is 15.7 Å². The molecule has 1 aliphatic carbocycles. The van der Waals surface area contributed by atoms with Gasteiger partial charge in [-0.15, -0.1) is 0 Å². The molecule has 1 aromatic carbocycles. The Morgan fingerprint density at radius 2 is 2.18 bits per heavy atom. The quantitative estimate of drug-likeness (QED) is 0.355. The third-order valence-corrected chi connectivity index (χ3v) is 3.64. The van der Waals surface area contributed by atoms with Gasteiger partial charge in [-0.2, -0.15) is 0 Å². The Labute approximate surface area is 101 Å². The second-order valence-electron chi connectivity index (χ2n) is 4.15. The van der Waals surface area contributed by atoms with Crippen LogP contribution in [0.3, 0.4) is 0 Å². The van der Waals surface area contributed by atoms with Crippen molar-refractivity contribution in [3.63, 3.8) is 0 Å². The molecule has 1 aromatic rings. The minimum absolute atomic E-state index is 0.272. The summed E-state index contributed by atoms with van der Waals surface area (Å²) in [5.74, 6) is 5.95. The fourth-order valence-corrected chi connectivity index (χ4v) is 2.12. The minimum atomic E-state index is -3.20. The maximum absolute atomic E-state index is 11.4. The second-order valence-corrected chi connectivity index (χ2v) is 6.17. The molecule has 17 heavy (non-hydrogen) atoms. The molecule has 0 amide bonds. The maximum atomic E-state index is 11.4. The average Bonchev–Trinajstić information content (AvgIpc) is 3.09. The van der Waals surface area contributed by atoms with Gasteiger partial charge in [-0.25, -0.2) is 14.3 Å². The van der Waals surface area contributed by atoms with Crippen molar-refractivity contribution in [3.8, 4) is 0 Å². The van der Waals surface area contributed by atoms with E-state index in [9.17, 15) is 8.42 Å². The van der Waals surface area contributed by atoms with E-state index in [1.54, 1.807) is 24.3 Å². The molecule has 1 aliphatic rings. The highest BCUT2D eigenvalue weighted by Crippen LogP contribution is 2.24. The number of rotatable bonds is 3. The first-order chi connectivity index (χ1) is 8.00. The van der Waals surface area contributed by atoms with Crippen LogP contribution in [0.25, 0.3) is 0 Å². The lowest BCUT2D eigenvalue weighted by Gasteiger charge is -2.07. The topological polar surface area (TPSA) is 84.5 Å². The summed E-state index contributed by atoms with van der Waals surface area (Å²) in [6.45, 7) is 0. The smallest absolute Gasteiger partial charge is 0.175 e. The molecule has 0 atom stereocenters. The van der Waals surface area contributed by atoms with Crippen molar-refractivity contribution in [3.05, 3.63) is 29.8 Å². The van der Waals surface area contributed by atoms with Gasteiger partial charge < -0.3 is 5.43 Å². The lowest BCUT2D eigenvalue weighted by molar-refractivity contribution is 0.602. The van der Waals surface area contributed by atoms with Crippen LogP contribution in [-0.2, 0) is 9.84 Å². The van der Waals surface area contributed by atoms with E-state index >= 15 is 0 Å². The van der Waals surface area contributed by atoms with Gasteiger partial charge in [0.05, 0.1) is 10.9 Å². The molecule has 92 valence electrons. The monoisotopic (exact) mass is 253 g/mol. The molecule has 6 heteroatoms. The van der Waals surface area contributed by atoms with Gasteiger partial charge in [0.15, 0.2) is 9.84 Å². The largest absolute Gasteiger partial charge is 0.308 e. The van der Waals surface area contributed by atoms with Crippen LogP contribution in [0.2, 0.25) is 0 Å². The van der Waals surface area contributed by atoms with Crippen LogP contribution in [0.4, 0.5) is 0 Å². The van der Waals surface area contributed by atoms with Gasteiger partial charge in [0.1, 0.15) is 5.84 Å². The van der Waals surface area contributed by atoms with Gasteiger partial charge in [0.2, 0.25) is 0 Å². The number of nitrogens with one attached hydrogen (secondary N) is 1. The average molecular weight is 253 g/mol. The normalized spacial score (nSPS) is 16.9. The number of sulfone groups is 1. The van der Waals surface area contributed by atoms with Crippen LogP contribution < -0.4 is 11.3 Å². The summed E-state index contributed by atoms with van der Waals surface area (Å²) in [5.41, 5.74) is 3.22. The van der Waals surface area contributed by atoms with E-state index < -0.39 is 9.84 Å². The molecule has 5 nitrogen and oxygen atoms in total. The van der Waals surface area contributed by atoms with Gasteiger partial charge in [0.25, 0.3) is 0 Å². The molecule has 1 saturated carbocycles. The van der Waals surface area contributed by atoms with Crippen molar-refractivity contribution < 1.29 is 8.42 Å². The Morgan fingerprint density at radius 1 is 1.47 bits per heavy atom. The van der Waals surface area contributed by atoms with Gasteiger partial charge >= 0.3 is 0 Å². The van der Waals surface area contributed by atoms with Crippen LogP contribution in [0, 0.1) is 0 Å². The predicted octanol–water partition coefficient (Wildman–Crippen LogP) is 0.462. The minimum Gasteiger partial charge on any atom is -0.308 e. The summed E-state index contributed by atoms with van der Waals surface area (Å²) in [6, 6.07) is 6.93. The zero-order chi connectivity index (χ0) is 12.5. The van der Waals surface area contributed by atoms with Crippen LogP contribution in [-0.4, -0.2) is 26.6 Å². The molecule has 1 fully saturated rings. The fourth-order valence-electron chi connectivity index (χ4n) is 1.46. The van der Waals surface area contributed by atoms with Gasteiger partial charge in [0, 0.05) is 11.8 Å². The molecular formula is C11H15N3O2S. The van der Waals surface area contributed by atoms with E-state index in [4.69, 9.17) is 5.84 Å². The molecule has 0 heterocycles. The van der Waals surface area contributed by atoms with Crippen LogP contribution in [0.15, 0.2) is 34.2 Å². The molecule has 0 aliphatic heterocycles. The first-order valence-electron chi connectivity index (χ1n) is 5.35. The molecule has 2 rings (SSSR count). The Bertz CT molecular complexity index is 548. The Hall–Kier alpha value is -1.40. The number of hydrogen-bond donors (Lipinski definition) is 2. The van der Waals surface area contributed by atoms with Crippen LogP contribution in [0.1, 0.15) is 18.4 Å². The number of nitrogens with zero attached hydrogens (tertiary/aromatic N) is 1. The summed E-state index contributed by atoms with van der Waals surface area (Å²) in [7, 11) is -3.20. The number of hydrogen-bond acceptors (Lipinski definition) is 4. The van der Waals surface area contributed by atoms with Gasteiger partial charge in [-0.3, -0.25) is 4.99 Å². The lowest BCUT2D eigenvalue weighted by Crippen LogP contribution is -2.31. The summed E-state index contributed by atoms with van der Waals surface area (Å²) in [4.78, 5) is 4.66. The molecule has 0 spiro atoms. The Kier molecular flexibility index (Phi) is 3.17. The van der Waals surface area contributed by atoms with E-state index in [2.05, 4.69) is 10.4 Å². The highest BCUT2D eigenvalue weighted by atomic mass is 32.2. The van der Waals surface area contributed by atoms with Crippen molar-refractivity contribution in [1.29, 1.82) is 0 Å². The Morgan fingerprint density at radius 3 is 2.71 bits per heavy atom. The molecule has 0 bridgehead atoms. The zero-order valence-electron chi connectivity index (χ0n) is 9.55. The summed E-state index contributed by atoms with van der Waals surface area (Å²) < 4.78 is 22.9. The van der Waals surface area contributed by atoms with Crippen molar-refractivity contribution in [2.75, 3.05) is 6.26 Å². The molecule has 0 saturated heterocycles. The van der Waals surface area contributed by atoms with E-state index in [-0.39, 0.29) is 4.90 Å². The van der Waals surface area contributed by atoms with E-state index in [1.807, 2.05) is 0 Å². The SMILES string of the molecule is CS(=O)(=O)c1cccc(C(=NC2CC2)NN)c1. The van der Waals surface area contributed by atoms with E-state index in [1.165, 1.54) is 6.26 Å². The lowest BCUT2D eigenvalue weighted by atomic mass is 10.2. The third kappa shape index (κ3) is 3.04. The highest BCUT2D eigenvalue weighted by Gasteiger charge is 2.21. The summed E-state index contributed by atoms with van der Waals surface area (Å²) in [5, 5.41) is 0. The van der Waals surface area contributed by atoms with Crippen molar-refractivity contribution in [2.45, 2.75) is 23.8 Å². The standard InChI is InChI=1S/C11H15N3O2S/c1-17(15,16)10-4-2-3-8(7-10)11(14-12)13-9-5-6-9/h2-4,7,9H,5-6,12H2,1H3,(H,13,14). The summed E-state index contributed by atoms with van der Waals surface area (Å²) >= 11 is 0. The molecule has 0 aromatic heterocycles. The number of nitrogens with two attached hydrogens (primary N) is 1. The second kappa shape index (κ2) is 4.46. The molecule has 3 N–H and O–H groups in total. The number of hydrazine groups is 1. The van der Waals surface area contributed by atoms with Crippen molar-refractivity contribution in [2.24, 2.45) is 10.8 Å².